The average molecular weight is 708 g/mol. The smallest absolute Gasteiger partial charge is 0.416 e. The van der Waals surface area contributed by atoms with E-state index in [9.17, 15) is 37.5 Å². The normalized spacial score (nSPS) is 16.2. The molecular weight excluding hydrogens is 671 g/mol. The first kappa shape index (κ1) is 35.2. The Balaban J connectivity index is 1.47. The number of nitrogens with zero attached hydrogens (tertiary/aromatic N) is 7. The second-order valence-electron chi connectivity index (χ2n) is 12.4. The number of ether oxygens (including phenoxy) is 1. The zero-order chi connectivity index (χ0) is 36.5. The minimum Gasteiger partial charge on any atom is -0.479 e. The lowest BCUT2D eigenvalue weighted by Crippen LogP contribution is -2.56. The van der Waals surface area contributed by atoms with Crippen LogP contribution in [0.4, 0.5) is 18.0 Å². The van der Waals surface area contributed by atoms with Crippen molar-refractivity contribution in [3.8, 4) is 11.4 Å². The number of hydrogen-bond donors (Lipinski definition) is 1. The van der Waals surface area contributed by atoms with E-state index >= 15 is 0 Å². The van der Waals surface area contributed by atoms with E-state index in [1.807, 2.05) is 13.0 Å². The number of aliphatic carboxylic acids is 1. The number of likely N-dealkylation sites (tertiary alicyclic amines) is 1. The lowest BCUT2D eigenvalue weighted by molar-refractivity contribution is -0.149. The molecule has 5 aromatic rings. The molecule has 1 N–H and O–H groups in total. The number of halogens is 3. The number of amides is 1. The molecule has 1 fully saturated rings. The monoisotopic (exact) mass is 707 g/mol. The highest BCUT2D eigenvalue weighted by molar-refractivity contribution is 5.86. The molecule has 0 radical (unpaired) electrons. The van der Waals surface area contributed by atoms with Crippen LogP contribution in [0.5, 0.6) is 0 Å². The van der Waals surface area contributed by atoms with Crippen molar-refractivity contribution in [2.24, 2.45) is 0 Å². The highest BCUT2D eigenvalue weighted by Gasteiger charge is 2.52. The number of carbonyl (C=O) groups excluding carboxylic acids is 1. The molecule has 51 heavy (non-hydrogen) atoms. The van der Waals surface area contributed by atoms with Crippen molar-refractivity contribution in [2.75, 3.05) is 6.54 Å². The fourth-order valence-corrected chi connectivity index (χ4v) is 6.63. The van der Waals surface area contributed by atoms with Gasteiger partial charge in [-0.25, -0.2) is 19.4 Å². The summed E-state index contributed by atoms with van der Waals surface area (Å²) in [7, 11) is 0. The van der Waals surface area contributed by atoms with Crippen molar-refractivity contribution < 1.29 is 32.6 Å². The van der Waals surface area contributed by atoms with Gasteiger partial charge in [0.2, 0.25) is 0 Å². The summed E-state index contributed by atoms with van der Waals surface area (Å²) in [5, 5.41) is 15.1. The van der Waals surface area contributed by atoms with Crippen LogP contribution in [0.1, 0.15) is 49.8 Å². The largest absolute Gasteiger partial charge is 0.479 e. The van der Waals surface area contributed by atoms with Gasteiger partial charge in [-0.2, -0.15) is 18.3 Å². The van der Waals surface area contributed by atoms with E-state index in [0.29, 0.717) is 29.5 Å². The number of carboxylic acids is 1. The highest BCUT2D eigenvalue weighted by atomic mass is 19.4. The Bertz CT molecular complexity index is 2210. The number of aryl methyl sites for hydroxylation is 1. The number of benzene rings is 2. The van der Waals surface area contributed by atoms with E-state index in [1.54, 1.807) is 31.2 Å². The predicted octanol–water partition coefficient (Wildman–Crippen LogP) is 4.98. The molecule has 268 valence electrons. The molecule has 1 aliphatic heterocycles. The van der Waals surface area contributed by atoms with Crippen molar-refractivity contribution >= 4 is 23.2 Å². The summed E-state index contributed by atoms with van der Waals surface area (Å²) >= 11 is 0. The van der Waals surface area contributed by atoms with Crippen LogP contribution >= 0.6 is 0 Å². The molecule has 13 nitrogen and oxygen atoms in total. The molecule has 3 aromatic heterocycles. The van der Waals surface area contributed by atoms with Gasteiger partial charge in [0.25, 0.3) is 5.56 Å². The SMILES string of the molecule is CCCn1c(=O)c2c(nc(-c3cnn(Cc4cccc(C(F)(F)F)c4)c3)n2C[C@]2(C(=O)O)CCCN2C(=O)OCc2ccccc2)n(CC)c1=O. The standard InChI is InChI=1S/C35H36F3N7O6/c1-3-15-43-30(46)27-29(42(4-2)32(43)49)40-28(25-18-39-41(20-25)19-24-12-8-13-26(17-24)35(36,37)38)44(27)22-34(31(47)48)14-9-16-45(34)33(50)51-21-23-10-6-5-7-11-23/h5-8,10-13,17-18,20H,3-4,9,14-16,19,21-22H2,1-2H3,(H,47,48)/t34-/m0/s1. The fraction of sp³-hybridized carbons (Fsp3) is 0.371. The van der Waals surface area contributed by atoms with Gasteiger partial charge in [0, 0.05) is 25.8 Å². The third-order valence-corrected chi connectivity index (χ3v) is 9.10. The zero-order valence-corrected chi connectivity index (χ0v) is 28.0. The number of aromatic nitrogens is 6. The third-order valence-electron chi connectivity index (χ3n) is 9.10. The molecule has 1 amide bonds. The van der Waals surface area contributed by atoms with Crippen molar-refractivity contribution in [2.45, 2.75) is 77.6 Å². The van der Waals surface area contributed by atoms with E-state index < -0.39 is 47.1 Å². The second kappa shape index (κ2) is 13.9. The quantitative estimate of drug-likeness (QED) is 0.202. The molecule has 0 saturated carbocycles. The molecule has 2 aromatic carbocycles. The van der Waals surface area contributed by atoms with Gasteiger partial charge in [-0.15, -0.1) is 0 Å². The second-order valence-corrected chi connectivity index (χ2v) is 12.4. The Morgan fingerprint density at radius 2 is 1.75 bits per heavy atom. The highest BCUT2D eigenvalue weighted by Crippen LogP contribution is 2.36. The molecule has 16 heteroatoms. The molecule has 0 bridgehead atoms. The number of fused-ring (bicyclic) bond motifs is 1. The fourth-order valence-electron chi connectivity index (χ4n) is 6.63. The molecule has 0 unspecified atom stereocenters. The van der Waals surface area contributed by atoms with E-state index in [-0.39, 0.29) is 56.2 Å². The minimum atomic E-state index is -4.53. The molecule has 4 heterocycles. The van der Waals surface area contributed by atoms with Gasteiger partial charge < -0.3 is 14.4 Å². The van der Waals surface area contributed by atoms with Crippen LogP contribution in [0.15, 0.2) is 76.6 Å². The Hall–Kier alpha value is -5.67. The van der Waals surface area contributed by atoms with Crippen LogP contribution in [0, 0.1) is 0 Å². The number of hydrogen-bond acceptors (Lipinski definition) is 7. The average Bonchev–Trinajstić information content (AvgIpc) is 3.84. The van der Waals surface area contributed by atoms with E-state index in [4.69, 9.17) is 9.72 Å². The maximum Gasteiger partial charge on any atom is 0.416 e. The summed E-state index contributed by atoms with van der Waals surface area (Å²) < 4.78 is 50.9. The Morgan fingerprint density at radius 3 is 2.43 bits per heavy atom. The predicted molar refractivity (Wildman–Crippen MR) is 179 cm³/mol. The maximum absolute atomic E-state index is 14.1. The maximum atomic E-state index is 14.1. The minimum absolute atomic E-state index is 0.0252. The summed E-state index contributed by atoms with van der Waals surface area (Å²) in [6, 6.07) is 13.8. The van der Waals surface area contributed by atoms with Gasteiger partial charge in [-0.1, -0.05) is 49.4 Å². The summed E-state index contributed by atoms with van der Waals surface area (Å²) in [4.78, 5) is 60.2. The van der Waals surface area contributed by atoms with Crippen LogP contribution in [-0.4, -0.2) is 62.6 Å². The molecule has 1 aliphatic rings. The molecule has 0 spiro atoms. The lowest BCUT2D eigenvalue weighted by atomic mass is 9.96. The van der Waals surface area contributed by atoms with Crippen LogP contribution < -0.4 is 11.2 Å². The molecule has 1 saturated heterocycles. The zero-order valence-electron chi connectivity index (χ0n) is 28.0. The van der Waals surface area contributed by atoms with E-state index in [2.05, 4.69) is 5.10 Å². The summed E-state index contributed by atoms with van der Waals surface area (Å²) in [6.07, 6.45) is -1.61. The van der Waals surface area contributed by atoms with Crippen LogP contribution in [-0.2, 0) is 48.5 Å². The van der Waals surface area contributed by atoms with Crippen molar-refractivity contribution in [3.63, 3.8) is 0 Å². The number of carboxylic acid groups (broad SMARTS) is 1. The summed E-state index contributed by atoms with van der Waals surface area (Å²) in [5.41, 5.74) is -2.57. The summed E-state index contributed by atoms with van der Waals surface area (Å²) in [5.74, 6) is -1.22. The van der Waals surface area contributed by atoms with Gasteiger partial charge in [-0.05, 0) is 49.4 Å². The molecule has 6 rings (SSSR count). The van der Waals surface area contributed by atoms with Crippen molar-refractivity contribution in [3.05, 3.63) is 105 Å². The number of carbonyl (C=O) groups is 2. The number of rotatable bonds is 11. The third kappa shape index (κ3) is 6.65. The molecular formula is C35H36F3N7O6. The Morgan fingerprint density at radius 1 is 1.00 bits per heavy atom. The van der Waals surface area contributed by atoms with Crippen LogP contribution in [0.25, 0.3) is 22.6 Å². The Labute approximate surface area is 289 Å². The van der Waals surface area contributed by atoms with Gasteiger partial charge in [0.05, 0.1) is 30.4 Å². The van der Waals surface area contributed by atoms with Gasteiger partial charge in [-0.3, -0.25) is 23.5 Å². The van der Waals surface area contributed by atoms with E-state index in [0.717, 1.165) is 21.6 Å². The van der Waals surface area contributed by atoms with Crippen molar-refractivity contribution in [1.82, 2.24) is 33.4 Å². The number of imidazole rings is 1. The molecule has 0 aliphatic carbocycles. The first-order valence-corrected chi connectivity index (χ1v) is 16.5. The van der Waals surface area contributed by atoms with Gasteiger partial charge in [0.15, 0.2) is 16.7 Å². The summed E-state index contributed by atoms with van der Waals surface area (Å²) in [6.45, 7) is 3.32. The Kier molecular flexibility index (Phi) is 9.60. The first-order valence-electron chi connectivity index (χ1n) is 16.5. The number of alkyl halides is 3. The topological polar surface area (TPSA) is 146 Å². The first-order chi connectivity index (χ1) is 24.4. The van der Waals surface area contributed by atoms with Crippen molar-refractivity contribution in [1.29, 1.82) is 0 Å². The van der Waals surface area contributed by atoms with Gasteiger partial charge >= 0.3 is 23.9 Å². The van der Waals surface area contributed by atoms with Gasteiger partial charge in [0.1, 0.15) is 12.4 Å². The molecule has 1 atom stereocenters. The lowest BCUT2D eigenvalue weighted by Gasteiger charge is -2.34. The van der Waals surface area contributed by atoms with E-state index in [1.165, 1.54) is 38.3 Å². The van der Waals surface area contributed by atoms with Crippen LogP contribution in [0.2, 0.25) is 0 Å². The van der Waals surface area contributed by atoms with Crippen LogP contribution in [0.3, 0.4) is 0 Å².